The monoisotopic (exact) mass is 484 g/mol. The summed E-state index contributed by atoms with van der Waals surface area (Å²) in [5.74, 6) is 0.364. The van der Waals surface area contributed by atoms with Crippen molar-refractivity contribution in [3.05, 3.63) is 82.5 Å². The highest BCUT2D eigenvalue weighted by Crippen LogP contribution is 2.33. The van der Waals surface area contributed by atoms with E-state index < -0.39 is 21.6 Å². The van der Waals surface area contributed by atoms with Gasteiger partial charge < -0.3 is 14.5 Å². The number of aromatic amines is 1. The minimum absolute atomic E-state index is 0.280. The number of methoxy groups -OCH3 is 1. The molecule has 1 aromatic heterocycles. The number of hydrogen-bond donors (Lipinski definition) is 1. The van der Waals surface area contributed by atoms with Crippen molar-refractivity contribution in [2.24, 2.45) is 0 Å². The molecule has 0 spiro atoms. The van der Waals surface area contributed by atoms with Gasteiger partial charge in [0.05, 0.1) is 36.5 Å². The van der Waals surface area contributed by atoms with E-state index in [2.05, 4.69) is 4.98 Å². The summed E-state index contributed by atoms with van der Waals surface area (Å²) in [5.41, 5.74) is 2.85. The fraction of sp³-hybridized carbons (Fsp3) is 0.240. The van der Waals surface area contributed by atoms with Gasteiger partial charge in [0.1, 0.15) is 15.7 Å². The van der Waals surface area contributed by atoms with Crippen LogP contribution in [0.5, 0.6) is 11.5 Å². The van der Waals surface area contributed by atoms with Crippen LogP contribution < -0.4 is 15.2 Å². The van der Waals surface area contributed by atoms with Crippen LogP contribution in [0.25, 0.3) is 22.2 Å². The van der Waals surface area contributed by atoms with E-state index in [9.17, 15) is 17.6 Å². The Hall–Kier alpha value is -3.59. The number of rotatable bonds is 8. The summed E-state index contributed by atoms with van der Waals surface area (Å²) in [6.07, 6.45) is 1.14. The van der Waals surface area contributed by atoms with Crippen LogP contribution >= 0.6 is 0 Å². The Balaban J connectivity index is 1.86. The van der Waals surface area contributed by atoms with E-state index in [1.165, 1.54) is 23.8 Å². The van der Waals surface area contributed by atoms with Crippen LogP contribution in [0.4, 0.5) is 4.39 Å². The first kappa shape index (κ1) is 23.6. The fourth-order valence-electron chi connectivity index (χ4n) is 4.04. The zero-order chi connectivity index (χ0) is 24.5. The van der Waals surface area contributed by atoms with E-state index >= 15 is 0 Å². The van der Waals surface area contributed by atoms with Gasteiger partial charge in [-0.3, -0.25) is 4.57 Å². The molecule has 3 aromatic carbocycles. The zero-order valence-electron chi connectivity index (χ0n) is 19.0. The van der Waals surface area contributed by atoms with Crippen molar-refractivity contribution in [2.45, 2.75) is 13.0 Å². The van der Waals surface area contributed by atoms with Gasteiger partial charge in [-0.15, -0.1) is 0 Å². The molecule has 0 amide bonds. The summed E-state index contributed by atoms with van der Waals surface area (Å²) in [7, 11) is -1.94. The zero-order valence-corrected chi connectivity index (χ0v) is 19.9. The Kier molecular flexibility index (Phi) is 6.47. The third-order valence-corrected chi connectivity index (χ3v) is 6.46. The van der Waals surface area contributed by atoms with Crippen molar-refractivity contribution in [1.82, 2.24) is 9.55 Å². The van der Waals surface area contributed by atoms with Gasteiger partial charge in [-0.2, -0.15) is 0 Å². The third kappa shape index (κ3) is 4.84. The van der Waals surface area contributed by atoms with Crippen LogP contribution in [0.1, 0.15) is 18.5 Å². The number of nitrogens with one attached hydrogen (secondary N) is 1. The van der Waals surface area contributed by atoms with Gasteiger partial charge in [0, 0.05) is 6.26 Å². The minimum atomic E-state index is -3.46. The van der Waals surface area contributed by atoms with Crippen molar-refractivity contribution in [2.75, 3.05) is 25.7 Å². The molecule has 1 unspecified atom stereocenters. The number of fused-ring (bicyclic) bond motifs is 1. The molecule has 1 N–H and O–H groups in total. The van der Waals surface area contributed by atoms with Crippen LogP contribution in [-0.4, -0.2) is 43.7 Å². The lowest BCUT2D eigenvalue weighted by Crippen LogP contribution is -2.28. The van der Waals surface area contributed by atoms with Gasteiger partial charge in [0.2, 0.25) is 0 Å². The van der Waals surface area contributed by atoms with E-state index in [1.807, 2.05) is 13.0 Å². The minimum Gasteiger partial charge on any atom is -0.493 e. The first-order chi connectivity index (χ1) is 16.2. The van der Waals surface area contributed by atoms with Gasteiger partial charge in [-0.1, -0.05) is 24.3 Å². The van der Waals surface area contributed by atoms with Crippen LogP contribution in [-0.2, 0) is 9.84 Å². The van der Waals surface area contributed by atoms with Crippen molar-refractivity contribution in [1.29, 1.82) is 0 Å². The van der Waals surface area contributed by atoms with Gasteiger partial charge in [0.15, 0.2) is 11.5 Å². The second kappa shape index (κ2) is 9.34. The second-order valence-corrected chi connectivity index (χ2v) is 10.2. The van der Waals surface area contributed by atoms with E-state index in [-0.39, 0.29) is 11.6 Å². The maximum Gasteiger partial charge on any atom is 0.327 e. The predicted octanol–water partition coefficient (Wildman–Crippen LogP) is 4.18. The van der Waals surface area contributed by atoms with Crippen LogP contribution in [0.15, 0.2) is 65.5 Å². The molecule has 0 aliphatic heterocycles. The van der Waals surface area contributed by atoms with Crippen molar-refractivity contribution in [3.8, 4) is 22.6 Å². The number of aromatic nitrogens is 2. The highest BCUT2D eigenvalue weighted by Gasteiger charge is 2.25. The summed E-state index contributed by atoms with van der Waals surface area (Å²) < 4.78 is 50.4. The fourth-order valence-corrected chi connectivity index (χ4v) is 4.95. The quantitative estimate of drug-likeness (QED) is 0.405. The molecule has 7 nitrogen and oxygen atoms in total. The maximum atomic E-state index is 13.3. The smallest absolute Gasteiger partial charge is 0.327 e. The van der Waals surface area contributed by atoms with Gasteiger partial charge in [-0.05, 0) is 60.0 Å². The standard InChI is InChI=1S/C25H25FN2O5S/c1-4-33-24-14-18(8-12-23(24)32-2)22(15-34(3,30)31)28-21-11-7-17(13-20(21)27-25(28)29)16-5-9-19(26)10-6-16/h5-14,22H,4,15H2,1-3H3,(H,27,29). The molecule has 0 saturated carbocycles. The molecule has 4 rings (SSSR count). The average molecular weight is 485 g/mol. The van der Waals surface area contributed by atoms with E-state index in [0.717, 1.165) is 17.4 Å². The lowest BCUT2D eigenvalue weighted by atomic mass is 10.0. The van der Waals surface area contributed by atoms with Crippen molar-refractivity contribution < 1.29 is 22.3 Å². The van der Waals surface area contributed by atoms with Crippen LogP contribution in [0.3, 0.4) is 0 Å². The Labute approximate surface area is 196 Å². The van der Waals surface area contributed by atoms with Crippen LogP contribution in [0, 0.1) is 5.82 Å². The molecule has 34 heavy (non-hydrogen) atoms. The van der Waals surface area contributed by atoms with Gasteiger partial charge in [0.25, 0.3) is 0 Å². The topological polar surface area (TPSA) is 90.4 Å². The molecule has 1 heterocycles. The number of nitrogens with zero attached hydrogens (tertiary/aromatic N) is 1. The lowest BCUT2D eigenvalue weighted by Gasteiger charge is -2.20. The summed E-state index contributed by atoms with van der Waals surface area (Å²) in [6, 6.07) is 15.8. The first-order valence-corrected chi connectivity index (χ1v) is 12.7. The van der Waals surface area contributed by atoms with Gasteiger partial charge >= 0.3 is 5.69 Å². The highest BCUT2D eigenvalue weighted by molar-refractivity contribution is 7.90. The maximum absolute atomic E-state index is 13.3. The number of halogens is 1. The number of sulfone groups is 1. The summed E-state index contributed by atoms with van der Waals surface area (Å²) in [5, 5.41) is 0. The molecule has 0 radical (unpaired) electrons. The molecule has 0 fully saturated rings. The van der Waals surface area contributed by atoms with Crippen molar-refractivity contribution in [3.63, 3.8) is 0 Å². The molecular formula is C25H25FN2O5S. The van der Waals surface area contributed by atoms with E-state index in [4.69, 9.17) is 9.47 Å². The molecular weight excluding hydrogens is 459 g/mol. The molecule has 178 valence electrons. The first-order valence-electron chi connectivity index (χ1n) is 10.7. The predicted molar refractivity (Wildman–Crippen MR) is 130 cm³/mol. The Morgan fingerprint density at radius 2 is 1.71 bits per heavy atom. The number of imidazole rings is 1. The molecule has 0 aliphatic carbocycles. The van der Waals surface area contributed by atoms with Gasteiger partial charge in [-0.25, -0.2) is 17.6 Å². The number of ether oxygens (including phenoxy) is 2. The van der Waals surface area contributed by atoms with E-state index in [0.29, 0.717) is 34.7 Å². The molecule has 9 heteroatoms. The average Bonchev–Trinajstić information content (AvgIpc) is 3.12. The number of hydrogen-bond acceptors (Lipinski definition) is 5. The highest BCUT2D eigenvalue weighted by atomic mass is 32.2. The SMILES string of the molecule is CCOc1cc(C(CS(C)(=O)=O)n2c(=O)[nH]c3cc(-c4ccc(F)cc4)ccc32)ccc1OC. The Bertz CT molecular complexity index is 1490. The molecule has 4 aromatic rings. The lowest BCUT2D eigenvalue weighted by molar-refractivity contribution is 0.310. The largest absolute Gasteiger partial charge is 0.493 e. The molecule has 1 atom stereocenters. The molecule has 0 saturated heterocycles. The van der Waals surface area contributed by atoms with Crippen LogP contribution in [0.2, 0.25) is 0 Å². The van der Waals surface area contributed by atoms with E-state index in [1.54, 1.807) is 42.5 Å². The summed E-state index contributed by atoms with van der Waals surface area (Å²) in [6.45, 7) is 2.23. The summed E-state index contributed by atoms with van der Waals surface area (Å²) >= 11 is 0. The molecule has 0 aliphatic rings. The number of benzene rings is 3. The second-order valence-electron chi connectivity index (χ2n) is 7.99. The Morgan fingerprint density at radius 3 is 2.35 bits per heavy atom. The molecule has 0 bridgehead atoms. The Morgan fingerprint density at radius 1 is 1.00 bits per heavy atom. The normalized spacial score (nSPS) is 12.6. The van der Waals surface area contributed by atoms with Crippen molar-refractivity contribution >= 4 is 20.9 Å². The third-order valence-electron chi connectivity index (χ3n) is 5.54. The number of H-pyrrole nitrogens is 1. The summed E-state index contributed by atoms with van der Waals surface area (Å²) in [4.78, 5) is 15.9.